The van der Waals surface area contributed by atoms with Crippen molar-refractivity contribution >= 4 is 11.9 Å². The van der Waals surface area contributed by atoms with Gasteiger partial charge < -0.3 is 10.2 Å². The largest absolute Gasteiger partial charge is 0.478 e. The van der Waals surface area contributed by atoms with Gasteiger partial charge in [0.15, 0.2) is 0 Å². The highest BCUT2D eigenvalue weighted by Gasteiger charge is 2.73. The first kappa shape index (κ1) is 30.5. The molecule has 0 saturated carbocycles. The van der Waals surface area contributed by atoms with Gasteiger partial charge in [-0.05, 0) is 48.5 Å². The Hall–Kier alpha value is -5.48. The lowest BCUT2D eigenvalue weighted by Crippen LogP contribution is -2.54. The summed E-state index contributed by atoms with van der Waals surface area (Å²) in [5.74, 6) is 0.0758. The Balaban J connectivity index is 1.96. The lowest BCUT2D eigenvalue weighted by molar-refractivity contribution is -0.323. The van der Waals surface area contributed by atoms with Gasteiger partial charge in [0.2, 0.25) is 5.67 Å². The first-order chi connectivity index (χ1) is 20.3. The van der Waals surface area contributed by atoms with Crippen molar-refractivity contribution < 1.29 is 46.1 Å². The van der Waals surface area contributed by atoms with Crippen LogP contribution in [0.4, 0.5) is 26.3 Å². The van der Waals surface area contributed by atoms with Gasteiger partial charge >= 0.3 is 24.0 Å². The summed E-state index contributed by atoms with van der Waals surface area (Å²) in [6.07, 6.45) is -6.56. The fourth-order valence-corrected chi connectivity index (χ4v) is 4.21. The molecular weight excluding hydrogens is 574 g/mol. The molecule has 0 fully saturated rings. The maximum absolute atomic E-state index is 16.9. The van der Waals surface area contributed by atoms with Gasteiger partial charge in [0, 0.05) is 33.4 Å². The number of carboxylic acid groups (broad SMARTS) is 2. The van der Waals surface area contributed by atoms with Crippen molar-refractivity contribution in [2.75, 3.05) is 0 Å². The number of halogens is 6. The Morgan fingerprint density at radius 2 is 0.860 bits per heavy atom. The minimum absolute atomic E-state index is 0.132. The van der Waals surface area contributed by atoms with E-state index in [1.54, 1.807) is 60.7 Å². The van der Waals surface area contributed by atoms with Crippen LogP contribution in [0.3, 0.4) is 0 Å². The molecule has 0 aliphatic rings. The van der Waals surface area contributed by atoms with Crippen molar-refractivity contribution in [1.82, 2.24) is 0 Å². The summed E-state index contributed by atoms with van der Waals surface area (Å²) in [5, 5.41) is 19.6. The van der Waals surface area contributed by atoms with Gasteiger partial charge in [0.1, 0.15) is 0 Å². The van der Waals surface area contributed by atoms with E-state index in [1.165, 1.54) is 0 Å². The highest BCUT2D eigenvalue weighted by molar-refractivity contribution is 5.93. The van der Waals surface area contributed by atoms with E-state index in [2.05, 4.69) is 23.7 Å². The Bertz CT molecular complexity index is 1690. The third-order valence-corrected chi connectivity index (χ3v) is 6.28. The molecule has 0 aliphatic carbocycles. The van der Waals surface area contributed by atoms with Gasteiger partial charge in [-0.15, -0.1) is 0 Å². The molecule has 0 aliphatic heterocycles. The van der Waals surface area contributed by atoms with Crippen LogP contribution in [0.5, 0.6) is 0 Å². The van der Waals surface area contributed by atoms with E-state index in [0.717, 1.165) is 12.1 Å². The van der Waals surface area contributed by atoms with Crippen LogP contribution in [0.1, 0.15) is 54.1 Å². The molecule has 4 rings (SSSR count). The maximum Gasteiger partial charge on any atom is 0.457 e. The summed E-state index contributed by atoms with van der Waals surface area (Å²) in [6, 6.07) is 20.4. The Kier molecular flexibility index (Phi) is 8.36. The summed E-state index contributed by atoms with van der Waals surface area (Å²) in [4.78, 5) is 24.2. The number of hydrogen-bond acceptors (Lipinski definition) is 2. The number of rotatable bonds is 5. The first-order valence-electron chi connectivity index (χ1n) is 12.3. The van der Waals surface area contributed by atoms with Crippen molar-refractivity contribution in [1.29, 1.82) is 0 Å². The van der Waals surface area contributed by atoms with Crippen LogP contribution >= 0.6 is 0 Å². The first-order valence-corrected chi connectivity index (χ1v) is 12.3. The van der Waals surface area contributed by atoms with E-state index in [0.29, 0.717) is 35.4 Å². The number of hydrogen-bond donors (Lipinski definition) is 2. The van der Waals surface area contributed by atoms with E-state index in [-0.39, 0.29) is 11.1 Å². The zero-order chi connectivity index (χ0) is 31.4. The highest BCUT2D eigenvalue weighted by Crippen LogP contribution is 2.55. The molecule has 0 amide bonds. The third kappa shape index (κ3) is 6.09. The maximum atomic E-state index is 16.9. The normalized spacial score (nSPS) is 11.5. The highest BCUT2D eigenvalue weighted by atomic mass is 19.4. The van der Waals surface area contributed by atoms with Crippen LogP contribution in [0.15, 0.2) is 97.1 Å². The van der Waals surface area contributed by atoms with Crippen LogP contribution in [-0.4, -0.2) is 34.3 Å². The van der Waals surface area contributed by atoms with Gasteiger partial charge in [-0.1, -0.05) is 72.2 Å². The average molecular weight is 592 g/mol. The van der Waals surface area contributed by atoms with Gasteiger partial charge in [0.25, 0.3) is 0 Å². The summed E-state index contributed by atoms with van der Waals surface area (Å²) < 4.78 is 88.8. The van der Waals surface area contributed by atoms with Gasteiger partial charge in [-0.25, -0.2) is 14.0 Å². The average Bonchev–Trinajstić information content (AvgIpc) is 2.98. The Morgan fingerprint density at radius 1 is 0.512 bits per heavy atom. The Labute approximate surface area is 241 Å². The summed E-state index contributed by atoms with van der Waals surface area (Å²) >= 11 is 0. The number of alkyl halides is 6. The molecular formula is C33H18F6O4. The summed E-state index contributed by atoms with van der Waals surface area (Å²) in [6.45, 7) is 0. The van der Waals surface area contributed by atoms with Crippen LogP contribution in [-0.2, 0) is 5.67 Å². The molecule has 0 saturated heterocycles. The molecule has 2 N–H and O–H groups in total. The zero-order valence-electron chi connectivity index (χ0n) is 21.7. The molecule has 0 bridgehead atoms. The third-order valence-electron chi connectivity index (χ3n) is 6.28. The number of carboxylic acids is 2. The quantitative estimate of drug-likeness (QED) is 0.189. The van der Waals surface area contributed by atoms with E-state index < -0.39 is 52.0 Å². The topological polar surface area (TPSA) is 74.6 Å². The van der Waals surface area contributed by atoms with E-state index in [4.69, 9.17) is 0 Å². The van der Waals surface area contributed by atoms with E-state index in [1.807, 2.05) is 0 Å². The van der Waals surface area contributed by atoms with Crippen LogP contribution in [0.25, 0.3) is 0 Å². The van der Waals surface area contributed by atoms with Crippen molar-refractivity contribution in [3.8, 4) is 23.7 Å². The molecule has 4 aromatic carbocycles. The van der Waals surface area contributed by atoms with Gasteiger partial charge in [-0.2, -0.15) is 22.0 Å². The van der Waals surface area contributed by atoms with E-state index >= 15 is 13.2 Å². The van der Waals surface area contributed by atoms with Gasteiger partial charge in [-0.3, -0.25) is 0 Å². The lowest BCUT2D eigenvalue weighted by Gasteiger charge is -2.36. The second-order valence-electron chi connectivity index (χ2n) is 9.09. The number of benzene rings is 4. The monoisotopic (exact) mass is 592 g/mol. The number of carbonyl (C=O) groups is 2. The molecule has 0 aromatic heterocycles. The molecule has 10 heteroatoms. The molecule has 0 heterocycles. The predicted molar refractivity (Wildman–Crippen MR) is 145 cm³/mol. The molecule has 0 atom stereocenters. The zero-order valence-corrected chi connectivity index (χ0v) is 21.7. The molecule has 4 aromatic rings. The van der Waals surface area contributed by atoms with E-state index in [9.17, 15) is 33.0 Å². The lowest BCUT2D eigenvalue weighted by atomic mass is 9.77. The molecule has 0 unspecified atom stereocenters. The van der Waals surface area contributed by atoms with Crippen molar-refractivity contribution in [2.45, 2.75) is 17.8 Å². The summed E-state index contributed by atoms with van der Waals surface area (Å²) in [5.41, 5.74) is -10.1. The van der Waals surface area contributed by atoms with Gasteiger partial charge in [0.05, 0.1) is 11.1 Å². The van der Waals surface area contributed by atoms with Crippen molar-refractivity contribution in [2.24, 2.45) is 0 Å². The SMILES string of the molecule is O=C(O)c1cc(C#Cc2ccccc2)ccc1C(F)(c1ccc(C#Cc2ccccc2)cc1C(=O)O)C(F)(F)C(F)(F)F. The summed E-state index contributed by atoms with van der Waals surface area (Å²) in [7, 11) is 0. The fraction of sp³-hybridized carbons (Fsp3) is 0.0909. The minimum atomic E-state index is -6.56. The molecule has 0 spiro atoms. The minimum Gasteiger partial charge on any atom is -0.478 e. The molecule has 4 nitrogen and oxygen atoms in total. The smallest absolute Gasteiger partial charge is 0.457 e. The van der Waals surface area contributed by atoms with Crippen molar-refractivity contribution in [3.63, 3.8) is 0 Å². The number of aromatic carboxylic acids is 2. The van der Waals surface area contributed by atoms with Crippen LogP contribution in [0.2, 0.25) is 0 Å². The fourth-order valence-electron chi connectivity index (χ4n) is 4.21. The van der Waals surface area contributed by atoms with Crippen LogP contribution < -0.4 is 0 Å². The Morgan fingerprint density at radius 3 is 1.19 bits per heavy atom. The van der Waals surface area contributed by atoms with Crippen molar-refractivity contribution in [3.05, 3.63) is 142 Å². The molecule has 43 heavy (non-hydrogen) atoms. The second kappa shape index (κ2) is 11.8. The second-order valence-corrected chi connectivity index (χ2v) is 9.09. The molecule has 216 valence electrons. The standard InChI is InChI=1S/C33H18F6O4/c34-31(32(35,36)33(37,38)39,27-17-15-23(19-25(27)29(40)41)13-11-21-7-3-1-4-8-21)28-18-16-24(20-26(28)30(42)43)14-12-22-9-5-2-6-10-22/h1-10,15-20H,(H,40,41)(H,42,43). The molecule has 0 radical (unpaired) electrons. The predicted octanol–water partition coefficient (Wildman–Crippen LogP) is 7.29. The van der Waals surface area contributed by atoms with Crippen LogP contribution in [0, 0.1) is 23.7 Å².